The molecule has 8 nitrogen and oxygen atoms in total. The molecule has 0 spiro atoms. The van der Waals surface area contributed by atoms with Gasteiger partial charge in [0.05, 0.1) is 39.9 Å². The van der Waals surface area contributed by atoms with Crippen LogP contribution < -0.4 is 10.2 Å². The molecule has 0 aliphatic carbocycles. The van der Waals surface area contributed by atoms with E-state index >= 15 is 0 Å². The molecule has 3 unspecified atom stereocenters. The zero-order valence-corrected chi connectivity index (χ0v) is 38.6. The summed E-state index contributed by atoms with van der Waals surface area (Å²) in [5.74, 6) is -0.191. The van der Waals surface area contributed by atoms with Gasteiger partial charge in [-0.15, -0.1) is 0 Å². The van der Waals surface area contributed by atoms with Gasteiger partial charge in [-0.3, -0.25) is 9.36 Å². The van der Waals surface area contributed by atoms with Crippen LogP contribution in [0.4, 0.5) is 0 Å². The first-order chi connectivity index (χ1) is 28.0. The highest BCUT2D eigenvalue weighted by atomic mass is 31.2. The Morgan fingerprint density at radius 2 is 1.05 bits per heavy atom. The molecule has 0 saturated carbocycles. The Kier molecular flexibility index (Phi) is 38.5. The average molecular weight is 831 g/mol. The molecule has 0 bridgehead atoms. The van der Waals surface area contributed by atoms with Crippen LogP contribution >= 0.6 is 7.82 Å². The zero-order chi connectivity index (χ0) is 42.8. The maximum Gasteiger partial charge on any atom is 0.268 e. The number of likely N-dealkylation sites (N-methyl/N-ethyl adjacent to an activating group) is 1. The van der Waals surface area contributed by atoms with Gasteiger partial charge in [0.2, 0.25) is 5.91 Å². The summed E-state index contributed by atoms with van der Waals surface area (Å²) in [5.41, 5.74) is 0. The van der Waals surface area contributed by atoms with Crippen LogP contribution in [0.25, 0.3) is 0 Å². The Hall–Kier alpha value is -2.32. The molecule has 334 valence electrons. The minimum atomic E-state index is -4.57. The van der Waals surface area contributed by atoms with E-state index in [4.69, 9.17) is 9.05 Å². The molecule has 0 fully saturated rings. The highest BCUT2D eigenvalue weighted by Crippen LogP contribution is 2.38. The van der Waals surface area contributed by atoms with Crippen molar-refractivity contribution in [3.05, 3.63) is 85.1 Å². The molecule has 0 aliphatic heterocycles. The highest BCUT2D eigenvalue weighted by molar-refractivity contribution is 7.45. The number of phosphoric ester groups is 1. The van der Waals surface area contributed by atoms with Gasteiger partial charge in [0.25, 0.3) is 7.82 Å². The van der Waals surface area contributed by atoms with Crippen LogP contribution in [0.5, 0.6) is 0 Å². The first kappa shape index (κ1) is 55.7. The largest absolute Gasteiger partial charge is 0.756 e. The summed E-state index contributed by atoms with van der Waals surface area (Å²) in [6, 6.07) is -0.814. The summed E-state index contributed by atoms with van der Waals surface area (Å²) < 4.78 is 23.2. The van der Waals surface area contributed by atoms with Gasteiger partial charge in [-0.05, 0) is 70.6 Å². The van der Waals surface area contributed by atoms with Crippen LogP contribution in [0.2, 0.25) is 0 Å². The van der Waals surface area contributed by atoms with Gasteiger partial charge in [-0.1, -0.05) is 176 Å². The number of hydrogen-bond donors (Lipinski definition) is 2. The van der Waals surface area contributed by atoms with E-state index in [1.807, 2.05) is 21.1 Å². The van der Waals surface area contributed by atoms with E-state index in [1.165, 1.54) is 38.5 Å². The third kappa shape index (κ3) is 41.8. The summed E-state index contributed by atoms with van der Waals surface area (Å²) in [7, 11) is 1.27. The predicted molar refractivity (Wildman–Crippen MR) is 246 cm³/mol. The number of aliphatic hydroxyl groups excluding tert-OH is 1. The fourth-order valence-electron chi connectivity index (χ4n) is 6.02. The molecule has 0 aliphatic rings. The van der Waals surface area contributed by atoms with Gasteiger partial charge < -0.3 is 28.8 Å². The molecule has 0 rings (SSSR count). The number of carbonyl (C=O) groups is 1. The third-order valence-electron chi connectivity index (χ3n) is 9.65. The molecule has 58 heavy (non-hydrogen) atoms. The molecule has 9 heteroatoms. The van der Waals surface area contributed by atoms with Crippen molar-refractivity contribution < 1.29 is 32.9 Å². The Morgan fingerprint density at radius 1 is 0.621 bits per heavy atom. The number of amides is 1. The molecular weight excluding hydrogens is 744 g/mol. The molecular formula is C49H87N2O6P. The SMILES string of the molecule is CC/C=C\C/C=C\C/C=C\C/C=C\C/C=C\C/C=C\C/C=C\CCCCCCCC(=O)NC(COP(=O)([O-])OCC[N+](C)(C)C)C(O)CCCCCCCCCCC. The Bertz CT molecular complexity index is 1220. The summed E-state index contributed by atoms with van der Waals surface area (Å²) in [6.07, 6.45) is 54.6. The van der Waals surface area contributed by atoms with Gasteiger partial charge >= 0.3 is 0 Å². The summed E-state index contributed by atoms with van der Waals surface area (Å²) >= 11 is 0. The Balaban J connectivity index is 4.27. The smallest absolute Gasteiger partial charge is 0.268 e. The summed E-state index contributed by atoms with van der Waals surface area (Å²) in [4.78, 5) is 25.3. The number of hydrogen-bond acceptors (Lipinski definition) is 6. The fraction of sp³-hybridized carbons (Fsp3) is 0.694. The van der Waals surface area contributed by atoms with Gasteiger partial charge in [0, 0.05) is 6.42 Å². The number of nitrogens with zero attached hydrogens (tertiary/aromatic N) is 1. The molecule has 1 amide bonds. The molecule has 2 N–H and O–H groups in total. The van der Waals surface area contributed by atoms with Crippen molar-refractivity contribution in [2.75, 3.05) is 40.9 Å². The van der Waals surface area contributed by atoms with Crippen LogP contribution in [-0.2, 0) is 18.4 Å². The highest BCUT2D eigenvalue weighted by Gasteiger charge is 2.24. The van der Waals surface area contributed by atoms with E-state index in [1.54, 1.807) is 0 Å². The molecule has 0 aromatic rings. The number of nitrogens with one attached hydrogen (secondary N) is 1. The number of quaternary nitrogens is 1. The van der Waals surface area contributed by atoms with Crippen LogP contribution in [-0.4, -0.2) is 68.5 Å². The number of phosphoric acid groups is 1. The molecule has 0 heterocycles. The Labute approximate surface area is 356 Å². The summed E-state index contributed by atoms with van der Waals surface area (Å²) in [6.45, 7) is 4.54. The second-order valence-electron chi connectivity index (χ2n) is 16.4. The first-order valence-electron chi connectivity index (χ1n) is 22.9. The number of allylic oxidation sites excluding steroid dienone is 14. The van der Waals surface area contributed by atoms with E-state index < -0.39 is 20.0 Å². The lowest BCUT2D eigenvalue weighted by Gasteiger charge is -2.30. The lowest BCUT2D eigenvalue weighted by atomic mass is 10.0. The van der Waals surface area contributed by atoms with E-state index in [0.29, 0.717) is 23.9 Å². The maximum absolute atomic E-state index is 12.8. The van der Waals surface area contributed by atoms with E-state index in [2.05, 4.69) is 104 Å². The number of unbranched alkanes of at least 4 members (excludes halogenated alkanes) is 13. The van der Waals surface area contributed by atoms with E-state index in [0.717, 1.165) is 103 Å². The van der Waals surface area contributed by atoms with Crippen LogP contribution in [0.15, 0.2) is 85.1 Å². The quantitative estimate of drug-likeness (QED) is 0.0276. The first-order valence-corrected chi connectivity index (χ1v) is 24.4. The second kappa shape index (κ2) is 40.1. The maximum atomic E-state index is 12.8. The van der Waals surface area contributed by atoms with Crippen molar-refractivity contribution in [2.24, 2.45) is 0 Å². The molecule has 0 radical (unpaired) electrons. The van der Waals surface area contributed by atoms with Crippen LogP contribution in [0.1, 0.15) is 168 Å². The van der Waals surface area contributed by atoms with E-state index in [-0.39, 0.29) is 19.1 Å². The molecule has 0 aromatic heterocycles. The second-order valence-corrected chi connectivity index (χ2v) is 17.8. The predicted octanol–water partition coefficient (Wildman–Crippen LogP) is 12.3. The van der Waals surface area contributed by atoms with Crippen molar-refractivity contribution in [3.63, 3.8) is 0 Å². The fourth-order valence-corrected chi connectivity index (χ4v) is 6.74. The minimum Gasteiger partial charge on any atom is -0.756 e. The van der Waals surface area contributed by atoms with Crippen molar-refractivity contribution in [1.29, 1.82) is 0 Å². The number of carbonyl (C=O) groups excluding carboxylic acids is 1. The van der Waals surface area contributed by atoms with Gasteiger partial charge in [0.1, 0.15) is 13.2 Å². The van der Waals surface area contributed by atoms with Crippen LogP contribution in [0, 0.1) is 0 Å². The van der Waals surface area contributed by atoms with Crippen molar-refractivity contribution >= 4 is 13.7 Å². The standard InChI is InChI=1S/C49H87N2O6P/c1-6-8-10-12-14-16-17-18-19-20-21-22-23-24-25-26-27-28-29-30-31-32-33-35-37-39-41-43-49(53)50-47(46-57-58(54,55)56-45-44-51(3,4)5)48(52)42-40-38-36-34-15-13-11-9-7-2/h8,10,14,16,18-19,21-22,24-25,27-28,30-31,47-48,52H,6-7,9,11-13,15,17,20,23,26,29,32-46H2,1-5H3,(H-,50,53,54,55)/b10-8-,16-14-,19-18-,22-21-,25-24-,28-27-,31-30-. The lowest BCUT2D eigenvalue weighted by Crippen LogP contribution is -2.46. The van der Waals surface area contributed by atoms with Crippen molar-refractivity contribution in [2.45, 2.75) is 180 Å². The minimum absolute atomic E-state index is 0.00289. The topological polar surface area (TPSA) is 108 Å². The zero-order valence-electron chi connectivity index (χ0n) is 37.7. The summed E-state index contributed by atoms with van der Waals surface area (Å²) in [5, 5.41) is 13.8. The Morgan fingerprint density at radius 3 is 1.53 bits per heavy atom. The number of aliphatic hydroxyl groups is 1. The molecule has 0 saturated heterocycles. The number of rotatable bonds is 40. The van der Waals surface area contributed by atoms with E-state index in [9.17, 15) is 19.4 Å². The van der Waals surface area contributed by atoms with Gasteiger partial charge in [-0.2, -0.15) is 0 Å². The lowest BCUT2D eigenvalue weighted by molar-refractivity contribution is -0.870. The molecule has 3 atom stereocenters. The average Bonchev–Trinajstić information content (AvgIpc) is 3.17. The third-order valence-corrected chi connectivity index (χ3v) is 10.6. The monoisotopic (exact) mass is 831 g/mol. The van der Waals surface area contributed by atoms with Gasteiger partial charge in [-0.25, -0.2) is 0 Å². The molecule has 0 aromatic carbocycles. The normalized spacial score (nSPS) is 15.1. The van der Waals surface area contributed by atoms with Crippen LogP contribution in [0.3, 0.4) is 0 Å². The van der Waals surface area contributed by atoms with Gasteiger partial charge in [0.15, 0.2) is 0 Å². The van der Waals surface area contributed by atoms with Crippen molar-refractivity contribution in [1.82, 2.24) is 5.32 Å². The van der Waals surface area contributed by atoms with Crippen molar-refractivity contribution in [3.8, 4) is 0 Å².